The van der Waals surface area contributed by atoms with Crippen LogP contribution < -0.4 is 5.73 Å². The van der Waals surface area contributed by atoms with Crippen LogP contribution in [0.1, 0.15) is 31.2 Å². The summed E-state index contributed by atoms with van der Waals surface area (Å²) in [5, 5.41) is 8.41. The molecular formula is C18H25N5O. The fraction of sp³-hybridized carbons (Fsp3) is 0.500. The Morgan fingerprint density at radius 3 is 2.58 bits per heavy atom. The van der Waals surface area contributed by atoms with Gasteiger partial charge >= 0.3 is 0 Å². The molecule has 0 bridgehead atoms. The summed E-state index contributed by atoms with van der Waals surface area (Å²) in [6.45, 7) is 5.58. The van der Waals surface area contributed by atoms with Crippen LogP contribution in [0, 0.1) is 12.8 Å². The molecule has 1 atom stereocenters. The minimum absolute atomic E-state index is 0.126. The van der Waals surface area contributed by atoms with Gasteiger partial charge in [0.2, 0.25) is 5.91 Å². The van der Waals surface area contributed by atoms with Crippen LogP contribution in [0.3, 0.4) is 0 Å². The zero-order valence-electron chi connectivity index (χ0n) is 14.4. The summed E-state index contributed by atoms with van der Waals surface area (Å²) in [5.41, 5.74) is 8.59. The van der Waals surface area contributed by atoms with E-state index in [0.29, 0.717) is 12.3 Å². The second kappa shape index (κ2) is 7.13. The first-order chi connectivity index (χ1) is 11.6. The van der Waals surface area contributed by atoms with Crippen molar-refractivity contribution in [2.45, 2.75) is 39.2 Å². The van der Waals surface area contributed by atoms with E-state index in [1.165, 1.54) is 0 Å². The zero-order valence-corrected chi connectivity index (χ0v) is 14.4. The maximum Gasteiger partial charge on any atom is 0.228 e. The minimum atomic E-state index is 0.126. The van der Waals surface area contributed by atoms with Crippen LogP contribution in [-0.4, -0.2) is 44.9 Å². The molecule has 0 aliphatic carbocycles. The molecule has 2 aromatic rings. The fourth-order valence-electron chi connectivity index (χ4n) is 3.27. The Bertz CT molecular complexity index is 687. The van der Waals surface area contributed by atoms with Crippen molar-refractivity contribution in [2.24, 2.45) is 11.7 Å². The van der Waals surface area contributed by atoms with Crippen molar-refractivity contribution < 1.29 is 4.79 Å². The monoisotopic (exact) mass is 327 g/mol. The minimum Gasteiger partial charge on any atom is -0.342 e. The number of nitrogens with zero attached hydrogens (tertiary/aromatic N) is 4. The van der Waals surface area contributed by atoms with Crippen molar-refractivity contribution >= 4 is 5.91 Å². The van der Waals surface area contributed by atoms with Crippen molar-refractivity contribution in [3.05, 3.63) is 41.7 Å². The number of para-hydroxylation sites is 1. The van der Waals surface area contributed by atoms with E-state index < -0.39 is 0 Å². The van der Waals surface area contributed by atoms with E-state index in [-0.39, 0.29) is 11.9 Å². The van der Waals surface area contributed by atoms with Crippen LogP contribution in [0.4, 0.5) is 0 Å². The number of likely N-dealkylation sites (tertiary alicyclic amines) is 1. The maximum absolute atomic E-state index is 12.6. The largest absolute Gasteiger partial charge is 0.342 e. The Hall–Kier alpha value is -2.21. The molecule has 24 heavy (non-hydrogen) atoms. The van der Waals surface area contributed by atoms with Gasteiger partial charge in [0.1, 0.15) is 0 Å². The first-order valence-electron chi connectivity index (χ1n) is 8.56. The van der Waals surface area contributed by atoms with E-state index in [1.807, 2.05) is 49.1 Å². The number of benzene rings is 1. The Kier molecular flexibility index (Phi) is 4.94. The molecule has 1 saturated heterocycles. The molecule has 1 aliphatic rings. The van der Waals surface area contributed by atoms with Crippen molar-refractivity contribution in [1.82, 2.24) is 19.9 Å². The summed E-state index contributed by atoms with van der Waals surface area (Å²) >= 11 is 0. The Morgan fingerprint density at radius 2 is 1.96 bits per heavy atom. The van der Waals surface area contributed by atoms with E-state index in [9.17, 15) is 4.79 Å². The lowest BCUT2D eigenvalue weighted by Gasteiger charge is -2.33. The third-order valence-electron chi connectivity index (χ3n) is 4.95. The van der Waals surface area contributed by atoms with Gasteiger partial charge in [-0.05, 0) is 44.7 Å². The molecule has 2 N–H and O–H groups in total. The van der Waals surface area contributed by atoms with Gasteiger partial charge in [-0.15, -0.1) is 5.10 Å². The molecule has 3 rings (SSSR count). The van der Waals surface area contributed by atoms with Gasteiger partial charge < -0.3 is 10.6 Å². The molecule has 1 aromatic carbocycles. The van der Waals surface area contributed by atoms with Gasteiger partial charge in [-0.25, -0.2) is 4.68 Å². The standard InChI is InChI=1S/C18H25N5O/c1-13(19)15-8-10-22(11-9-15)18(24)12-17-14(2)23(21-20-17)16-6-4-3-5-7-16/h3-7,13,15H,8-12,19H2,1-2H3. The topological polar surface area (TPSA) is 77.0 Å². The average molecular weight is 327 g/mol. The van der Waals surface area contributed by atoms with Crippen LogP contribution in [0.15, 0.2) is 30.3 Å². The van der Waals surface area contributed by atoms with E-state index in [0.717, 1.165) is 43.0 Å². The summed E-state index contributed by atoms with van der Waals surface area (Å²) in [6.07, 6.45) is 2.28. The first kappa shape index (κ1) is 16.6. The number of hydrogen-bond donors (Lipinski definition) is 1. The maximum atomic E-state index is 12.6. The molecule has 6 heteroatoms. The number of piperidine rings is 1. The van der Waals surface area contributed by atoms with Crippen LogP contribution in [0.5, 0.6) is 0 Å². The van der Waals surface area contributed by atoms with Crippen molar-refractivity contribution in [3.8, 4) is 5.69 Å². The van der Waals surface area contributed by atoms with Gasteiger partial charge in [0.05, 0.1) is 23.5 Å². The van der Waals surface area contributed by atoms with Gasteiger partial charge in [-0.2, -0.15) is 0 Å². The summed E-state index contributed by atoms with van der Waals surface area (Å²) < 4.78 is 1.78. The van der Waals surface area contributed by atoms with E-state index in [4.69, 9.17) is 5.73 Å². The molecule has 0 radical (unpaired) electrons. The summed E-state index contributed by atoms with van der Waals surface area (Å²) in [6, 6.07) is 10.0. The van der Waals surface area contributed by atoms with Gasteiger partial charge in [0.15, 0.2) is 0 Å². The lowest BCUT2D eigenvalue weighted by atomic mass is 9.91. The van der Waals surface area contributed by atoms with Crippen molar-refractivity contribution in [3.63, 3.8) is 0 Å². The lowest BCUT2D eigenvalue weighted by molar-refractivity contribution is -0.132. The quantitative estimate of drug-likeness (QED) is 0.927. The molecule has 1 amide bonds. The van der Waals surface area contributed by atoms with Gasteiger partial charge in [0.25, 0.3) is 0 Å². The SMILES string of the molecule is Cc1c(CC(=O)N2CCC(C(C)N)CC2)nnn1-c1ccccc1. The van der Waals surface area contributed by atoms with E-state index in [2.05, 4.69) is 10.3 Å². The Balaban J connectivity index is 1.65. The number of rotatable bonds is 4. The van der Waals surface area contributed by atoms with Crippen LogP contribution in [-0.2, 0) is 11.2 Å². The number of carbonyl (C=O) groups is 1. The number of carbonyl (C=O) groups excluding carboxylic acids is 1. The van der Waals surface area contributed by atoms with Gasteiger partial charge in [0, 0.05) is 19.1 Å². The van der Waals surface area contributed by atoms with Crippen LogP contribution in [0.2, 0.25) is 0 Å². The second-order valence-electron chi connectivity index (χ2n) is 6.62. The highest BCUT2D eigenvalue weighted by molar-refractivity contribution is 5.78. The molecular weight excluding hydrogens is 302 g/mol. The number of aromatic nitrogens is 3. The molecule has 0 spiro atoms. The molecule has 6 nitrogen and oxygen atoms in total. The van der Waals surface area contributed by atoms with Crippen LogP contribution in [0.25, 0.3) is 5.69 Å². The van der Waals surface area contributed by atoms with Gasteiger partial charge in [-0.3, -0.25) is 4.79 Å². The van der Waals surface area contributed by atoms with Crippen molar-refractivity contribution in [1.29, 1.82) is 0 Å². The van der Waals surface area contributed by atoms with Crippen molar-refractivity contribution in [2.75, 3.05) is 13.1 Å². The first-order valence-corrected chi connectivity index (χ1v) is 8.56. The molecule has 1 aliphatic heterocycles. The third kappa shape index (κ3) is 3.48. The molecule has 2 heterocycles. The normalized spacial score (nSPS) is 17.0. The highest BCUT2D eigenvalue weighted by Crippen LogP contribution is 2.20. The summed E-state index contributed by atoms with van der Waals surface area (Å²) in [5.74, 6) is 0.649. The zero-order chi connectivity index (χ0) is 17.1. The Morgan fingerprint density at radius 1 is 1.29 bits per heavy atom. The predicted octanol–water partition coefficient (Wildman–Crippen LogP) is 1.70. The highest BCUT2D eigenvalue weighted by Gasteiger charge is 2.25. The highest BCUT2D eigenvalue weighted by atomic mass is 16.2. The van der Waals surface area contributed by atoms with E-state index >= 15 is 0 Å². The lowest BCUT2D eigenvalue weighted by Crippen LogP contribution is -2.43. The predicted molar refractivity (Wildman–Crippen MR) is 92.8 cm³/mol. The fourth-order valence-corrected chi connectivity index (χ4v) is 3.27. The average Bonchev–Trinajstić information content (AvgIpc) is 2.96. The number of amides is 1. The summed E-state index contributed by atoms with van der Waals surface area (Å²) in [7, 11) is 0. The second-order valence-corrected chi connectivity index (χ2v) is 6.62. The van der Waals surface area contributed by atoms with Crippen LogP contribution >= 0.6 is 0 Å². The molecule has 1 unspecified atom stereocenters. The van der Waals surface area contributed by atoms with Gasteiger partial charge in [-0.1, -0.05) is 23.4 Å². The number of nitrogens with two attached hydrogens (primary N) is 1. The number of hydrogen-bond acceptors (Lipinski definition) is 4. The summed E-state index contributed by atoms with van der Waals surface area (Å²) in [4.78, 5) is 14.5. The smallest absolute Gasteiger partial charge is 0.228 e. The van der Waals surface area contributed by atoms with E-state index in [1.54, 1.807) is 4.68 Å². The molecule has 0 saturated carbocycles. The molecule has 128 valence electrons. The third-order valence-corrected chi connectivity index (χ3v) is 4.95. The Labute approximate surface area is 142 Å². The molecule has 1 fully saturated rings. The molecule has 1 aromatic heterocycles.